The maximum absolute atomic E-state index is 13.3. The molecule has 1 fully saturated rings. The Kier molecular flexibility index (Phi) is 7.62. The number of carbonyl (C=O) groups excluding carboxylic acids is 1. The molecule has 9 heteroatoms. The van der Waals surface area contributed by atoms with Crippen molar-refractivity contribution < 1.29 is 23.1 Å². The highest BCUT2D eigenvalue weighted by Gasteiger charge is 2.46. The van der Waals surface area contributed by atoms with Gasteiger partial charge < -0.3 is 14.7 Å². The second-order valence-electron chi connectivity index (χ2n) is 12.5. The molecule has 220 valence electrons. The molecule has 6 rings (SSSR count). The van der Waals surface area contributed by atoms with Gasteiger partial charge in [-0.1, -0.05) is 29.8 Å². The van der Waals surface area contributed by atoms with Gasteiger partial charge in [0.25, 0.3) is 5.91 Å². The fourth-order valence-corrected chi connectivity index (χ4v) is 8.57. The van der Waals surface area contributed by atoms with Crippen molar-refractivity contribution in [1.29, 1.82) is 0 Å². The number of ether oxygens (including phenoxy) is 1. The first-order chi connectivity index (χ1) is 19.6. The Morgan fingerprint density at radius 1 is 1.10 bits per heavy atom. The normalized spacial score (nSPS) is 33.8. The van der Waals surface area contributed by atoms with Crippen LogP contribution in [0, 0.1) is 11.8 Å². The van der Waals surface area contributed by atoms with E-state index in [0.717, 1.165) is 42.8 Å². The number of anilines is 1. The van der Waals surface area contributed by atoms with E-state index in [1.54, 1.807) is 25.1 Å². The van der Waals surface area contributed by atoms with Gasteiger partial charge in [-0.15, -0.1) is 0 Å². The maximum atomic E-state index is 13.3. The average Bonchev–Trinajstić information content (AvgIpc) is 3.07. The van der Waals surface area contributed by atoms with Crippen LogP contribution in [-0.2, 0) is 21.9 Å². The van der Waals surface area contributed by atoms with Crippen molar-refractivity contribution in [3.05, 3.63) is 70.3 Å². The lowest BCUT2D eigenvalue weighted by atomic mass is 9.66. The number of hydrogen-bond acceptors (Lipinski definition) is 6. The lowest BCUT2D eigenvalue weighted by Crippen LogP contribution is -2.53. The van der Waals surface area contributed by atoms with Crippen LogP contribution in [0.1, 0.15) is 73.9 Å². The number of benzene rings is 2. The Balaban J connectivity index is 1.45. The van der Waals surface area contributed by atoms with Crippen molar-refractivity contribution >= 4 is 33.2 Å². The smallest absolute Gasteiger partial charge is 0.264 e. The van der Waals surface area contributed by atoms with E-state index in [0.29, 0.717) is 31.7 Å². The van der Waals surface area contributed by atoms with Crippen LogP contribution in [-0.4, -0.2) is 50.0 Å². The Hall–Kier alpha value is -2.55. The predicted molar refractivity (Wildman–Crippen MR) is 161 cm³/mol. The zero-order valence-electron chi connectivity index (χ0n) is 23.7. The number of allylic oxidation sites excluding steroid dienone is 1. The Morgan fingerprint density at radius 3 is 2.68 bits per heavy atom. The van der Waals surface area contributed by atoms with Crippen molar-refractivity contribution in [3.63, 3.8) is 0 Å². The molecule has 0 saturated heterocycles. The number of halogens is 1. The van der Waals surface area contributed by atoms with Crippen molar-refractivity contribution in [2.45, 2.75) is 81.6 Å². The molecule has 7 nitrogen and oxygen atoms in total. The zero-order valence-corrected chi connectivity index (χ0v) is 25.3. The summed E-state index contributed by atoms with van der Waals surface area (Å²) in [6, 6.07) is 11.4. The number of aryl methyl sites for hydroxylation is 1. The first-order valence-electron chi connectivity index (χ1n) is 14.8. The SMILES string of the molecule is CC1[C@@H]2CC[C@H]2[C@@H](O)/C=C\CCC(C)S(=O)(=O)NC(=O)c2ccc3c(c2)N1C[C@@]1(CCCc2cc(Cl)ccc21)CO3. The van der Waals surface area contributed by atoms with E-state index < -0.39 is 27.3 Å². The molecule has 2 aliphatic heterocycles. The van der Waals surface area contributed by atoms with E-state index in [4.69, 9.17) is 16.3 Å². The van der Waals surface area contributed by atoms with Gasteiger partial charge in [0.1, 0.15) is 5.75 Å². The Morgan fingerprint density at radius 2 is 1.90 bits per heavy atom. The maximum Gasteiger partial charge on any atom is 0.264 e. The van der Waals surface area contributed by atoms with Crippen molar-refractivity contribution in [2.75, 3.05) is 18.1 Å². The minimum Gasteiger partial charge on any atom is -0.490 e. The number of carbonyl (C=O) groups is 1. The van der Waals surface area contributed by atoms with Crippen LogP contribution >= 0.6 is 11.6 Å². The third kappa shape index (κ3) is 5.28. The quantitative estimate of drug-likeness (QED) is 0.395. The molecule has 2 N–H and O–H groups in total. The summed E-state index contributed by atoms with van der Waals surface area (Å²) in [6.45, 7) is 5.00. The minimum absolute atomic E-state index is 0.0572. The number of nitrogens with one attached hydrogen (secondary N) is 1. The fraction of sp³-hybridized carbons (Fsp3) is 0.531. The molecule has 2 aromatic carbocycles. The molecule has 0 radical (unpaired) electrons. The molecule has 1 saturated carbocycles. The standard InChI is InChI=1S/C32H39ClN2O5S/c1-20-6-3-4-8-29(36)26-12-11-25(26)21(2)35-18-32(15-5-7-22-16-24(33)10-13-27(22)32)19-40-30-14-9-23(17-28(30)35)31(37)34-41(20,38)39/h4,8-10,13-14,16-17,20-21,25-26,29,36H,3,5-7,11-12,15,18-19H2,1-2H3,(H,34,37)/b8-4-/t20?,21?,25-,26+,29-,32-/m0/s1. The van der Waals surface area contributed by atoms with E-state index in [1.807, 2.05) is 18.2 Å². The predicted octanol–water partition coefficient (Wildman–Crippen LogP) is 5.39. The van der Waals surface area contributed by atoms with Crippen LogP contribution in [0.4, 0.5) is 5.69 Å². The summed E-state index contributed by atoms with van der Waals surface area (Å²) in [5.41, 5.74) is 3.31. The van der Waals surface area contributed by atoms with Gasteiger partial charge >= 0.3 is 0 Å². The summed E-state index contributed by atoms with van der Waals surface area (Å²) in [5.74, 6) is 0.418. The number of rotatable bonds is 0. The van der Waals surface area contributed by atoms with Crippen LogP contribution in [0.25, 0.3) is 0 Å². The van der Waals surface area contributed by atoms with Gasteiger partial charge in [-0.05, 0) is 112 Å². The topological polar surface area (TPSA) is 95.9 Å². The molecule has 2 aliphatic carbocycles. The number of nitrogens with zero attached hydrogens (tertiary/aromatic N) is 1. The van der Waals surface area contributed by atoms with E-state index in [1.165, 1.54) is 11.1 Å². The Labute approximate surface area is 248 Å². The Bertz CT molecular complexity index is 1480. The highest BCUT2D eigenvalue weighted by atomic mass is 35.5. The van der Waals surface area contributed by atoms with Crippen LogP contribution in [0.15, 0.2) is 48.6 Å². The largest absolute Gasteiger partial charge is 0.490 e. The molecular formula is C32H39ClN2O5S. The first-order valence-corrected chi connectivity index (χ1v) is 16.7. The van der Waals surface area contributed by atoms with Gasteiger partial charge in [0.2, 0.25) is 10.0 Å². The van der Waals surface area contributed by atoms with Crippen molar-refractivity contribution in [1.82, 2.24) is 4.72 Å². The van der Waals surface area contributed by atoms with Gasteiger partial charge in [-0.3, -0.25) is 4.79 Å². The number of aliphatic hydroxyl groups is 1. The molecule has 1 spiro atoms. The van der Waals surface area contributed by atoms with Gasteiger partial charge in [-0.2, -0.15) is 0 Å². The molecule has 4 aliphatic rings. The molecule has 0 aromatic heterocycles. The second kappa shape index (κ2) is 10.9. The third-order valence-electron chi connectivity index (χ3n) is 10.0. The minimum atomic E-state index is -3.87. The van der Waals surface area contributed by atoms with Crippen LogP contribution in [0.2, 0.25) is 5.02 Å². The number of amides is 1. The van der Waals surface area contributed by atoms with E-state index >= 15 is 0 Å². The molecule has 2 bridgehead atoms. The second-order valence-corrected chi connectivity index (χ2v) is 15.0. The van der Waals surface area contributed by atoms with E-state index in [-0.39, 0.29) is 28.9 Å². The van der Waals surface area contributed by atoms with Crippen molar-refractivity contribution in [2.24, 2.45) is 11.8 Å². The van der Waals surface area contributed by atoms with Crippen molar-refractivity contribution in [3.8, 4) is 5.75 Å². The van der Waals surface area contributed by atoms with Crippen LogP contribution in [0.5, 0.6) is 5.75 Å². The summed E-state index contributed by atoms with van der Waals surface area (Å²) < 4.78 is 34.8. The monoisotopic (exact) mass is 598 g/mol. The van der Waals surface area contributed by atoms with Gasteiger partial charge in [-0.25, -0.2) is 13.1 Å². The molecular weight excluding hydrogens is 560 g/mol. The lowest BCUT2D eigenvalue weighted by molar-refractivity contribution is 0.0298. The summed E-state index contributed by atoms with van der Waals surface area (Å²) in [6.07, 6.45) is 8.89. The molecule has 1 amide bonds. The van der Waals surface area contributed by atoms with E-state index in [2.05, 4.69) is 28.7 Å². The number of aliphatic hydroxyl groups excluding tert-OH is 1. The number of fused-ring (bicyclic) bond motifs is 4. The summed E-state index contributed by atoms with van der Waals surface area (Å²) >= 11 is 6.39. The molecule has 6 atom stereocenters. The number of sulfonamides is 1. The summed E-state index contributed by atoms with van der Waals surface area (Å²) in [5, 5.41) is 11.1. The molecule has 2 unspecified atom stereocenters. The third-order valence-corrected chi connectivity index (χ3v) is 12.0. The summed E-state index contributed by atoms with van der Waals surface area (Å²) in [7, 11) is -3.87. The average molecular weight is 599 g/mol. The lowest BCUT2D eigenvalue weighted by Gasteiger charge is -2.49. The van der Waals surface area contributed by atoms with Crippen LogP contribution < -0.4 is 14.4 Å². The highest BCUT2D eigenvalue weighted by Crippen LogP contribution is 2.48. The van der Waals surface area contributed by atoms with Gasteiger partial charge in [0, 0.05) is 28.6 Å². The zero-order chi connectivity index (χ0) is 28.9. The van der Waals surface area contributed by atoms with Gasteiger partial charge in [0.15, 0.2) is 0 Å². The highest BCUT2D eigenvalue weighted by molar-refractivity contribution is 7.90. The molecule has 41 heavy (non-hydrogen) atoms. The van der Waals surface area contributed by atoms with Crippen LogP contribution in [0.3, 0.4) is 0 Å². The number of hydrogen-bond donors (Lipinski definition) is 2. The van der Waals surface area contributed by atoms with Gasteiger partial charge in [0.05, 0.1) is 23.6 Å². The van der Waals surface area contributed by atoms with E-state index in [9.17, 15) is 18.3 Å². The first kappa shape index (κ1) is 28.6. The molecule has 2 heterocycles. The fourth-order valence-electron chi connectivity index (χ4n) is 7.35. The molecule has 2 aromatic rings. The summed E-state index contributed by atoms with van der Waals surface area (Å²) in [4.78, 5) is 15.6.